The highest BCUT2D eigenvalue weighted by Gasteiger charge is 2.34. The molecule has 0 bridgehead atoms. The van der Waals surface area contributed by atoms with Gasteiger partial charge in [0.15, 0.2) is 0 Å². The predicted molar refractivity (Wildman–Crippen MR) is 64.9 cm³/mol. The number of hydrogen-bond acceptors (Lipinski definition) is 2. The first-order valence-electron chi connectivity index (χ1n) is 5.42. The molecule has 0 spiro atoms. The third kappa shape index (κ3) is 4.40. The lowest BCUT2D eigenvalue weighted by Gasteiger charge is -2.13. The molecule has 0 aliphatic rings. The van der Waals surface area contributed by atoms with Gasteiger partial charge in [0.05, 0.1) is 5.56 Å². The van der Waals surface area contributed by atoms with Crippen LogP contribution in [0.1, 0.15) is 19.4 Å². The van der Waals surface area contributed by atoms with Crippen molar-refractivity contribution in [3.63, 3.8) is 0 Å². The zero-order valence-electron chi connectivity index (χ0n) is 10.3. The molecule has 0 saturated carbocycles. The van der Waals surface area contributed by atoms with Crippen molar-refractivity contribution < 1.29 is 17.6 Å². The topological polar surface area (TPSA) is 62.4 Å². The summed E-state index contributed by atoms with van der Waals surface area (Å²) in [6.07, 6.45) is -4.76. The summed E-state index contributed by atoms with van der Waals surface area (Å²) < 4.78 is 50.6. The first kappa shape index (κ1) is 15.2. The van der Waals surface area contributed by atoms with E-state index in [1.807, 2.05) is 0 Å². The Morgan fingerprint density at radius 1 is 1.32 bits per heavy atom. The Hall–Kier alpha value is -1.83. The summed E-state index contributed by atoms with van der Waals surface area (Å²) in [5.74, 6) is 3.94. The van der Waals surface area contributed by atoms with Crippen LogP contribution in [0.4, 0.5) is 23.2 Å². The van der Waals surface area contributed by atoms with Gasteiger partial charge in [0.2, 0.25) is 5.96 Å². The van der Waals surface area contributed by atoms with Crippen LogP contribution in [0.15, 0.2) is 23.2 Å². The minimum Gasteiger partial charge on any atom is -0.325 e. The van der Waals surface area contributed by atoms with Crippen molar-refractivity contribution >= 4 is 11.6 Å². The van der Waals surface area contributed by atoms with Crippen LogP contribution >= 0.6 is 0 Å². The summed E-state index contributed by atoms with van der Waals surface area (Å²) in [5, 5.41) is 2.55. The lowest BCUT2D eigenvalue weighted by Crippen LogP contribution is -2.37. The van der Waals surface area contributed by atoms with Crippen LogP contribution in [0.2, 0.25) is 0 Å². The van der Waals surface area contributed by atoms with Crippen molar-refractivity contribution in [2.45, 2.75) is 26.1 Å². The first-order valence-corrected chi connectivity index (χ1v) is 5.42. The molecule has 1 rings (SSSR count). The van der Waals surface area contributed by atoms with Gasteiger partial charge in [-0.2, -0.15) is 13.2 Å². The number of halogens is 4. The van der Waals surface area contributed by atoms with E-state index < -0.39 is 17.6 Å². The molecule has 0 aliphatic heterocycles. The van der Waals surface area contributed by atoms with Crippen LogP contribution in [0.3, 0.4) is 0 Å². The Balaban J connectivity index is 3.03. The number of nitrogens with zero attached hydrogens (tertiary/aromatic N) is 1. The number of anilines is 1. The van der Waals surface area contributed by atoms with Gasteiger partial charge in [-0.05, 0) is 32.0 Å². The Kier molecular flexibility index (Phi) is 4.71. The lowest BCUT2D eigenvalue weighted by molar-refractivity contribution is -0.139. The fourth-order valence-electron chi connectivity index (χ4n) is 1.32. The quantitative estimate of drug-likeness (QED) is 0.256. The fraction of sp³-hybridized carbons (Fsp3) is 0.364. The van der Waals surface area contributed by atoms with E-state index in [4.69, 9.17) is 5.84 Å². The number of hydrogen-bond donors (Lipinski definition) is 3. The Bertz CT molecular complexity index is 468. The van der Waals surface area contributed by atoms with E-state index in [0.29, 0.717) is 6.07 Å². The number of aliphatic imine (C=N–C) groups is 1. The molecule has 19 heavy (non-hydrogen) atoms. The van der Waals surface area contributed by atoms with Crippen LogP contribution < -0.4 is 16.6 Å². The number of guanidine groups is 1. The van der Waals surface area contributed by atoms with Gasteiger partial charge in [0.1, 0.15) is 5.82 Å². The van der Waals surface area contributed by atoms with Gasteiger partial charge in [-0.1, -0.05) is 0 Å². The van der Waals surface area contributed by atoms with Gasteiger partial charge in [0, 0.05) is 11.7 Å². The molecular weight excluding hydrogens is 264 g/mol. The monoisotopic (exact) mass is 278 g/mol. The van der Waals surface area contributed by atoms with E-state index >= 15 is 0 Å². The molecule has 0 fully saturated rings. The van der Waals surface area contributed by atoms with Crippen LogP contribution in [0, 0.1) is 5.82 Å². The normalized spacial score (nSPS) is 12.7. The molecular formula is C11H14F4N4. The minimum atomic E-state index is -4.76. The second kappa shape index (κ2) is 5.87. The van der Waals surface area contributed by atoms with Crippen molar-refractivity contribution in [3.05, 3.63) is 29.6 Å². The molecule has 0 aliphatic carbocycles. The molecule has 8 heteroatoms. The molecule has 4 nitrogen and oxygen atoms in total. The van der Waals surface area contributed by atoms with E-state index in [0.717, 1.165) is 12.1 Å². The molecule has 106 valence electrons. The average molecular weight is 278 g/mol. The van der Waals surface area contributed by atoms with Crippen molar-refractivity contribution in [1.29, 1.82) is 0 Å². The molecule has 1 aromatic carbocycles. The third-order valence-electron chi connectivity index (χ3n) is 2.06. The van der Waals surface area contributed by atoms with E-state index in [2.05, 4.69) is 15.7 Å². The van der Waals surface area contributed by atoms with Gasteiger partial charge in [0.25, 0.3) is 0 Å². The average Bonchev–Trinajstić information content (AvgIpc) is 2.28. The molecule has 0 saturated heterocycles. The largest absolute Gasteiger partial charge is 0.419 e. The summed E-state index contributed by atoms with van der Waals surface area (Å²) >= 11 is 0. The van der Waals surface area contributed by atoms with Gasteiger partial charge in [-0.3, -0.25) is 5.43 Å². The van der Waals surface area contributed by atoms with Gasteiger partial charge in [-0.25, -0.2) is 15.2 Å². The summed E-state index contributed by atoms with van der Waals surface area (Å²) in [6.45, 7) is 3.54. The van der Waals surface area contributed by atoms with Crippen molar-refractivity contribution in [1.82, 2.24) is 5.43 Å². The number of benzene rings is 1. The molecule has 1 aromatic rings. The molecule has 0 amide bonds. The van der Waals surface area contributed by atoms with Gasteiger partial charge >= 0.3 is 6.18 Å². The molecule has 0 atom stereocenters. The zero-order valence-corrected chi connectivity index (χ0v) is 10.3. The molecule has 0 unspecified atom stereocenters. The van der Waals surface area contributed by atoms with Crippen LogP contribution in [0.5, 0.6) is 0 Å². The number of nitrogens with two attached hydrogens (primary N) is 1. The van der Waals surface area contributed by atoms with E-state index in [-0.39, 0.29) is 17.7 Å². The highest BCUT2D eigenvalue weighted by molar-refractivity contribution is 5.93. The van der Waals surface area contributed by atoms with Crippen LogP contribution in [-0.2, 0) is 6.18 Å². The second-order valence-corrected chi connectivity index (χ2v) is 4.03. The van der Waals surface area contributed by atoms with Gasteiger partial charge < -0.3 is 5.32 Å². The standard InChI is InChI=1S/C11H14F4N4/c1-6(2)17-10(19-16)18-7-3-4-9(12)8(5-7)11(13,14)15/h3-6H,16H2,1-2H3,(H2,17,18,19). The van der Waals surface area contributed by atoms with Crippen molar-refractivity contribution in [3.8, 4) is 0 Å². The number of alkyl halides is 3. The molecule has 0 aromatic heterocycles. The first-order chi connectivity index (χ1) is 8.74. The summed E-state index contributed by atoms with van der Waals surface area (Å²) in [6, 6.07) is 2.44. The van der Waals surface area contributed by atoms with E-state index in [9.17, 15) is 17.6 Å². The maximum atomic E-state index is 13.1. The summed E-state index contributed by atoms with van der Waals surface area (Å²) in [7, 11) is 0. The third-order valence-corrected chi connectivity index (χ3v) is 2.06. The zero-order chi connectivity index (χ0) is 14.6. The maximum Gasteiger partial charge on any atom is 0.419 e. The molecule has 0 heterocycles. The van der Waals surface area contributed by atoms with E-state index in [1.165, 1.54) is 0 Å². The fourth-order valence-corrected chi connectivity index (χ4v) is 1.32. The van der Waals surface area contributed by atoms with Gasteiger partial charge in [-0.15, -0.1) is 0 Å². The second-order valence-electron chi connectivity index (χ2n) is 4.03. The number of rotatable bonds is 2. The van der Waals surface area contributed by atoms with Crippen LogP contribution in [0.25, 0.3) is 0 Å². The predicted octanol–water partition coefficient (Wildman–Crippen LogP) is 2.48. The Morgan fingerprint density at radius 3 is 2.42 bits per heavy atom. The minimum absolute atomic E-state index is 0.0334. The molecule has 0 radical (unpaired) electrons. The number of nitrogens with one attached hydrogen (secondary N) is 2. The summed E-state index contributed by atoms with van der Waals surface area (Å²) in [5.41, 5.74) is 0.903. The van der Waals surface area contributed by atoms with Crippen LogP contribution in [-0.4, -0.2) is 12.0 Å². The van der Waals surface area contributed by atoms with Crippen molar-refractivity contribution in [2.24, 2.45) is 10.8 Å². The summed E-state index contributed by atoms with van der Waals surface area (Å²) in [4.78, 5) is 4.00. The Labute approximate surface area is 107 Å². The smallest absolute Gasteiger partial charge is 0.325 e. The maximum absolute atomic E-state index is 13.1. The SMILES string of the molecule is CC(C)N=C(NN)Nc1ccc(F)c(C(F)(F)F)c1. The lowest BCUT2D eigenvalue weighted by atomic mass is 10.2. The Morgan fingerprint density at radius 2 is 1.95 bits per heavy atom. The highest BCUT2D eigenvalue weighted by atomic mass is 19.4. The van der Waals surface area contributed by atoms with Crippen molar-refractivity contribution in [2.75, 3.05) is 5.32 Å². The highest BCUT2D eigenvalue weighted by Crippen LogP contribution is 2.32. The van der Waals surface area contributed by atoms with E-state index in [1.54, 1.807) is 13.8 Å². The molecule has 4 N–H and O–H groups in total. The number of hydrazine groups is 1.